The van der Waals surface area contributed by atoms with Crippen molar-refractivity contribution in [3.05, 3.63) is 16.1 Å². The van der Waals surface area contributed by atoms with Gasteiger partial charge in [0.2, 0.25) is 11.8 Å². The average Bonchev–Trinajstić information content (AvgIpc) is 2.86. The number of carbonyl (C=O) groups is 2. The zero-order chi connectivity index (χ0) is 16.5. The van der Waals surface area contributed by atoms with Crippen LogP contribution in [0.5, 0.6) is 0 Å². The topological polar surface area (TPSA) is 62.3 Å². The summed E-state index contributed by atoms with van der Waals surface area (Å²) in [4.78, 5) is 30.9. The molecule has 1 aromatic heterocycles. The van der Waals surface area contributed by atoms with Crippen molar-refractivity contribution in [2.24, 2.45) is 5.92 Å². The molecule has 0 aromatic carbocycles. The van der Waals surface area contributed by atoms with Gasteiger partial charge in [0.25, 0.3) is 0 Å². The number of hydrogen-bond acceptors (Lipinski definition) is 4. The van der Waals surface area contributed by atoms with Gasteiger partial charge in [-0.15, -0.1) is 11.3 Å². The minimum atomic E-state index is -0.373. The van der Waals surface area contributed by atoms with E-state index >= 15 is 0 Å². The molecule has 5 nitrogen and oxygen atoms in total. The van der Waals surface area contributed by atoms with Gasteiger partial charge in [-0.25, -0.2) is 4.98 Å². The van der Waals surface area contributed by atoms with Crippen molar-refractivity contribution in [2.75, 3.05) is 13.1 Å². The Morgan fingerprint density at radius 2 is 2.18 bits per heavy atom. The molecule has 0 radical (unpaired) electrons. The lowest BCUT2D eigenvalue weighted by Crippen LogP contribution is -2.59. The van der Waals surface area contributed by atoms with Gasteiger partial charge in [0.1, 0.15) is 6.04 Å². The number of aromatic nitrogens is 1. The summed E-state index contributed by atoms with van der Waals surface area (Å²) < 4.78 is 0. The number of piperazine rings is 1. The van der Waals surface area contributed by atoms with Crippen molar-refractivity contribution < 1.29 is 9.59 Å². The zero-order valence-corrected chi connectivity index (χ0v) is 14.8. The molecule has 122 valence electrons. The molecule has 0 aliphatic carbocycles. The van der Waals surface area contributed by atoms with Crippen molar-refractivity contribution in [1.29, 1.82) is 0 Å². The fourth-order valence-electron chi connectivity index (χ4n) is 2.62. The van der Waals surface area contributed by atoms with Crippen LogP contribution in [0.3, 0.4) is 0 Å². The fourth-order valence-corrected chi connectivity index (χ4v) is 3.52. The maximum absolute atomic E-state index is 12.6. The molecule has 1 N–H and O–H groups in total. The lowest BCUT2D eigenvalue weighted by atomic mass is 9.98. The summed E-state index contributed by atoms with van der Waals surface area (Å²) in [5, 5.41) is 5.83. The molecule has 1 aliphatic rings. The van der Waals surface area contributed by atoms with Crippen molar-refractivity contribution in [2.45, 2.75) is 52.5 Å². The van der Waals surface area contributed by atoms with Crippen LogP contribution in [0, 0.1) is 5.92 Å². The van der Waals surface area contributed by atoms with Crippen LogP contribution in [0.25, 0.3) is 0 Å². The highest BCUT2D eigenvalue weighted by molar-refractivity contribution is 7.09. The Morgan fingerprint density at radius 3 is 2.73 bits per heavy atom. The molecule has 1 unspecified atom stereocenters. The van der Waals surface area contributed by atoms with Crippen LogP contribution in [-0.2, 0) is 21.4 Å². The molecule has 1 aromatic rings. The SMILES string of the molecule is CC(C)C1C(=O)NCCN1C(=O)Cc1csc(C(C)(C)C)n1. The third-order valence-corrected chi connectivity index (χ3v) is 5.05. The first-order valence-corrected chi connectivity index (χ1v) is 8.60. The molecular weight excluding hydrogens is 298 g/mol. The van der Waals surface area contributed by atoms with E-state index in [1.807, 2.05) is 19.2 Å². The van der Waals surface area contributed by atoms with Crippen LogP contribution < -0.4 is 5.32 Å². The van der Waals surface area contributed by atoms with Gasteiger partial charge < -0.3 is 10.2 Å². The van der Waals surface area contributed by atoms with Crippen molar-refractivity contribution >= 4 is 23.2 Å². The Kier molecular flexibility index (Phi) is 4.90. The van der Waals surface area contributed by atoms with Gasteiger partial charge >= 0.3 is 0 Å². The number of nitrogens with one attached hydrogen (secondary N) is 1. The van der Waals surface area contributed by atoms with Gasteiger partial charge in [-0.2, -0.15) is 0 Å². The fraction of sp³-hybridized carbons (Fsp3) is 0.688. The third-order valence-electron chi connectivity index (χ3n) is 3.73. The Labute approximate surface area is 136 Å². The quantitative estimate of drug-likeness (QED) is 0.925. The van der Waals surface area contributed by atoms with E-state index < -0.39 is 0 Å². The lowest BCUT2D eigenvalue weighted by Gasteiger charge is -2.37. The van der Waals surface area contributed by atoms with Crippen LogP contribution in [0.15, 0.2) is 5.38 Å². The molecule has 2 heterocycles. The normalized spacial score (nSPS) is 19.5. The number of carbonyl (C=O) groups excluding carboxylic acids is 2. The first-order valence-electron chi connectivity index (χ1n) is 7.72. The van der Waals surface area contributed by atoms with E-state index in [4.69, 9.17) is 0 Å². The second-order valence-corrected chi connectivity index (χ2v) is 8.00. The van der Waals surface area contributed by atoms with Gasteiger partial charge in [0.05, 0.1) is 17.1 Å². The van der Waals surface area contributed by atoms with E-state index in [1.165, 1.54) is 0 Å². The summed E-state index contributed by atoms with van der Waals surface area (Å²) in [7, 11) is 0. The van der Waals surface area contributed by atoms with Crippen molar-refractivity contribution in [1.82, 2.24) is 15.2 Å². The summed E-state index contributed by atoms with van der Waals surface area (Å²) in [6.45, 7) is 11.4. The second-order valence-electron chi connectivity index (χ2n) is 7.14. The van der Waals surface area contributed by atoms with E-state index in [2.05, 4.69) is 31.1 Å². The number of nitrogens with zero attached hydrogens (tertiary/aromatic N) is 2. The molecule has 6 heteroatoms. The molecule has 0 bridgehead atoms. The monoisotopic (exact) mass is 323 g/mol. The minimum absolute atomic E-state index is 0.00254. The Morgan fingerprint density at radius 1 is 1.50 bits per heavy atom. The van der Waals surface area contributed by atoms with E-state index in [1.54, 1.807) is 16.2 Å². The van der Waals surface area contributed by atoms with Crippen LogP contribution >= 0.6 is 11.3 Å². The van der Waals surface area contributed by atoms with Gasteiger partial charge in [0.15, 0.2) is 0 Å². The van der Waals surface area contributed by atoms with Crippen molar-refractivity contribution in [3.63, 3.8) is 0 Å². The number of amides is 2. The second kappa shape index (κ2) is 6.36. The highest BCUT2D eigenvalue weighted by Gasteiger charge is 2.35. The summed E-state index contributed by atoms with van der Waals surface area (Å²) in [6.07, 6.45) is 0.267. The highest BCUT2D eigenvalue weighted by atomic mass is 32.1. The molecular formula is C16H25N3O2S. The summed E-state index contributed by atoms with van der Waals surface area (Å²) >= 11 is 1.59. The maximum Gasteiger partial charge on any atom is 0.243 e. The molecule has 1 saturated heterocycles. The molecule has 22 heavy (non-hydrogen) atoms. The van der Waals surface area contributed by atoms with Crippen LogP contribution in [-0.4, -0.2) is 40.8 Å². The van der Waals surface area contributed by atoms with Gasteiger partial charge in [-0.1, -0.05) is 34.6 Å². The van der Waals surface area contributed by atoms with Gasteiger partial charge in [0, 0.05) is 23.9 Å². The molecule has 2 rings (SSSR count). The predicted octanol–water partition coefficient (Wildman–Crippen LogP) is 1.97. The van der Waals surface area contributed by atoms with Gasteiger partial charge in [-0.05, 0) is 5.92 Å². The summed E-state index contributed by atoms with van der Waals surface area (Å²) in [5.41, 5.74) is 0.797. The standard InChI is InChI=1S/C16H25N3O2S/c1-10(2)13-14(21)17-6-7-19(13)12(20)8-11-9-22-15(18-11)16(3,4)5/h9-10,13H,6-8H2,1-5H3,(H,17,21). The van der Waals surface area contributed by atoms with E-state index in [0.717, 1.165) is 10.7 Å². The Balaban J connectivity index is 2.10. The average molecular weight is 323 g/mol. The summed E-state index contributed by atoms with van der Waals surface area (Å²) in [6, 6.07) is -0.373. The first kappa shape index (κ1) is 16.9. The largest absolute Gasteiger partial charge is 0.353 e. The first-order chi connectivity index (χ1) is 10.2. The maximum atomic E-state index is 12.6. The Bertz CT molecular complexity index is 560. The summed E-state index contributed by atoms with van der Waals surface area (Å²) in [5.74, 6) is 0.0346. The van der Waals surface area contributed by atoms with Crippen LogP contribution in [0.2, 0.25) is 0 Å². The van der Waals surface area contributed by atoms with Crippen molar-refractivity contribution in [3.8, 4) is 0 Å². The molecule has 0 spiro atoms. The number of rotatable bonds is 3. The highest BCUT2D eigenvalue weighted by Crippen LogP contribution is 2.26. The smallest absolute Gasteiger partial charge is 0.243 e. The number of thiazole rings is 1. The number of hydrogen-bond donors (Lipinski definition) is 1. The molecule has 1 aliphatic heterocycles. The van der Waals surface area contributed by atoms with E-state index in [9.17, 15) is 9.59 Å². The molecule has 0 saturated carbocycles. The molecule has 1 atom stereocenters. The Hall–Kier alpha value is -1.43. The van der Waals surface area contributed by atoms with Crippen LogP contribution in [0.4, 0.5) is 0 Å². The minimum Gasteiger partial charge on any atom is -0.353 e. The molecule has 1 fully saturated rings. The third kappa shape index (κ3) is 3.66. The lowest BCUT2D eigenvalue weighted by molar-refractivity contribution is -0.144. The molecule has 2 amide bonds. The van der Waals surface area contributed by atoms with Crippen LogP contribution in [0.1, 0.15) is 45.3 Å². The zero-order valence-electron chi connectivity index (χ0n) is 14.0. The van der Waals surface area contributed by atoms with E-state index in [0.29, 0.717) is 13.1 Å². The van der Waals surface area contributed by atoms with E-state index in [-0.39, 0.29) is 35.6 Å². The predicted molar refractivity (Wildman–Crippen MR) is 87.9 cm³/mol. The van der Waals surface area contributed by atoms with Gasteiger partial charge in [-0.3, -0.25) is 9.59 Å².